The normalized spacial score (nSPS) is 16.2. The van der Waals surface area contributed by atoms with Gasteiger partial charge in [-0.05, 0) is 48.7 Å². The molecule has 0 aliphatic carbocycles. The third-order valence-electron chi connectivity index (χ3n) is 5.58. The van der Waals surface area contributed by atoms with Crippen molar-refractivity contribution in [1.29, 1.82) is 0 Å². The molecule has 0 fully saturated rings. The van der Waals surface area contributed by atoms with E-state index in [0.29, 0.717) is 4.90 Å². The van der Waals surface area contributed by atoms with E-state index >= 15 is 0 Å². The summed E-state index contributed by atoms with van der Waals surface area (Å²) in [5, 5.41) is 3.65. The largest absolute Gasteiger partial charge is 0.373 e. The third kappa shape index (κ3) is 6.03. The summed E-state index contributed by atoms with van der Waals surface area (Å²) in [4.78, 5) is 16.7. The first-order chi connectivity index (χ1) is 14.9. The molecule has 2 aromatic carbocycles. The number of aryl methyl sites for hydroxylation is 1. The van der Waals surface area contributed by atoms with Gasteiger partial charge in [0.15, 0.2) is 0 Å². The van der Waals surface area contributed by atoms with Gasteiger partial charge in [0.05, 0.1) is 16.6 Å². The Morgan fingerprint density at radius 1 is 0.968 bits per heavy atom. The summed E-state index contributed by atoms with van der Waals surface area (Å²) in [6.45, 7) is 5.05. The number of anilines is 1. The quantitative estimate of drug-likeness (QED) is 0.602. The van der Waals surface area contributed by atoms with Gasteiger partial charge in [0.1, 0.15) is 0 Å². The number of unbranched alkanes of at least 4 members (excludes halogenated alkanes) is 5. The van der Waals surface area contributed by atoms with Crippen LogP contribution >= 0.6 is 0 Å². The van der Waals surface area contributed by atoms with Crippen molar-refractivity contribution in [1.82, 2.24) is 5.32 Å². The van der Waals surface area contributed by atoms with E-state index in [9.17, 15) is 8.42 Å². The van der Waals surface area contributed by atoms with E-state index in [-0.39, 0.29) is 12.2 Å². The predicted octanol–water partition coefficient (Wildman–Crippen LogP) is 4.59. The Morgan fingerprint density at radius 2 is 1.61 bits per heavy atom. The van der Waals surface area contributed by atoms with Crippen LogP contribution in [0.5, 0.6) is 0 Å². The number of fused-ring (bicyclic) bond motifs is 2. The van der Waals surface area contributed by atoms with Gasteiger partial charge in [0.2, 0.25) is 0 Å². The van der Waals surface area contributed by atoms with E-state index in [1.807, 2.05) is 43.3 Å². The summed E-state index contributed by atoms with van der Waals surface area (Å²) >= 11 is 0. The Balaban J connectivity index is 0.00000107. The van der Waals surface area contributed by atoms with Crippen molar-refractivity contribution >= 4 is 21.9 Å². The van der Waals surface area contributed by atoms with E-state index in [1.165, 1.54) is 36.4 Å². The molecule has 3 rings (SSSR count). The van der Waals surface area contributed by atoms with E-state index in [2.05, 4.69) is 12.2 Å². The summed E-state index contributed by atoms with van der Waals surface area (Å²) in [7, 11) is -1.93. The van der Waals surface area contributed by atoms with E-state index < -0.39 is 10.0 Å². The molecule has 2 aromatic rings. The van der Waals surface area contributed by atoms with Crippen LogP contribution in [0.1, 0.15) is 68.2 Å². The minimum Gasteiger partial charge on any atom is -0.306 e. The second-order valence-corrected chi connectivity index (χ2v) is 9.75. The Morgan fingerprint density at radius 3 is 2.32 bits per heavy atom. The highest BCUT2D eigenvalue weighted by Gasteiger charge is 2.34. The Labute approximate surface area is 185 Å². The lowest BCUT2D eigenvalue weighted by atomic mass is 9.96. The number of benzene rings is 2. The maximum atomic E-state index is 13.3. The van der Waals surface area contributed by atoms with Gasteiger partial charge in [-0.15, -0.1) is 0 Å². The molecular weight excluding hydrogens is 412 g/mol. The minimum absolute atomic E-state index is 0.123. The van der Waals surface area contributed by atoms with Crippen LogP contribution in [0.2, 0.25) is 0 Å². The molecule has 0 saturated heterocycles. The third-order valence-corrected chi connectivity index (χ3v) is 7.41. The summed E-state index contributed by atoms with van der Waals surface area (Å²) in [5.74, 6) is 0. The molecule has 1 aliphatic rings. The number of hydrogen-bond donors (Lipinski definition) is 1. The van der Waals surface area contributed by atoms with E-state index in [0.717, 1.165) is 35.3 Å². The second kappa shape index (κ2) is 11.8. The zero-order chi connectivity index (χ0) is 22.9. The van der Waals surface area contributed by atoms with Crippen LogP contribution in [0.3, 0.4) is 0 Å². The fraction of sp³-hybridized carbons (Fsp3) is 0.458. The van der Waals surface area contributed by atoms with Crippen molar-refractivity contribution in [2.24, 2.45) is 0 Å². The molecule has 0 bridgehead atoms. The minimum atomic E-state index is -3.58. The maximum absolute atomic E-state index is 13.3. The van der Waals surface area contributed by atoms with Crippen molar-refractivity contribution in [3.05, 3.63) is 59.2 Å². The first-order valence-corrected chi connectivity index (χ1v) is 12.2. The second-order valence-electron chi connectivity index (χ2n) is 7.81. The molecular formula is C24H32N2O4S. The predicted molar refractivity (Wildman–Crippen MR) is 121 cm³/mol. The average Bonchev–Trinajstić information content (AvgIpc) is 2.82. The number of para-hydroxylation sites is 1. The first kappa shape index (κ1) is 24.8. The molecule has 31 heavy (non-hydrogen) atoms. The van der Waals surface area contributed by atoms with Crippen LogP contribution in [0, 0.1) is 6.92 Å². The summed E-state index contributed by atoms with van der Waals surface area (Å²) in [6.07, 6.45) is 7.69. The average molecular weight is 445 g/mol. The van der Waals surface area contributed by atoms with Crippen molar-refractivity contribution in [3.63, 3.8) is 0 Å². The Kier molecular flexibility index (Phi) is 9.44. The van der Waals surface area contributed by atoms with Gasteiger partial charge in [-0.2, -0.15) is 9.59 Å². The zero-order valence-corrected chi connectivity index (χ0v) is 19.4. The molecule has 0 amide bonds. The number of rotatable bonds is 8. The van der Waals surface area contributed by atoms with Crippen LogP contribution < -0.4 is 9.62 Å². The van der Waals surface area contributed by atoms with E-state index in [4.69, 9.17) is 9.59 Å². The molecule has 1 N–H and O–H groups in total. The molecule has 7 heteroatoms. The van der Waals surface area contributed by atoms with Crippen LogP contribution in [0.15, 0.2) is 47.4 Å². The van der Waals surface area contributed by atoms with Crippen molar-refractivity contribution in [3.8, 4) is 0 Å². The van der Waals surface area contributed by atoms with Gasteiger partial charge in [-0.1, -0.05) is 69.4 Å². The van der Waals surface area contributed by atoms with E-state index in [1.54, 1.807) is 13.1 Å². The molecule has 6 nitrogen and oxygen atoms in total. The standard InChI is InChI=1S/C23H32N2O2S.CO2/c1-4-5-6-7-8-11-16-24-23-19-12-9-10-13-21(19)25(3)28(26,27)22-17-18(2)14-15-20(22)23;2-1-3/h9-10,12-15,17,23-24H,4-8,11,16H2,1-3H3;. The molecule has 0 spiro atoms. The van der Waals surface area contributed by atoms with Gasteiger partial charge in [0, 0.05) is 7.05 Å². The molecule has 168 valence electrons. The highest BCUT2D eigenvalue weighted by molar-refractivity contribution is 7.92. The molecule has 0 saturated carbocycles. The zero-order valence-electron chi connectivity index (χ0n) is 18.6. The van der Waals surface area contributed by atoms with Gasteiger partial charge in [0.25, 0.3) is 10.0 Å². The van der Waals surface area contributed by atoms with Crippen LogP contribution in [0.4, 0.5) is 5.69 Å². The van der Waals surface area contributed by atoms with Crippen LogP contribution in [-0.4, -0.2) is 28.2 Å². The van der Waals surface area contributed by atoms with Gasteiger partial charge < -0.3 is 5.32 Å². The SMILES string of the molecule is CCCCCCCCNC1c2ccccc2N(C)S(=O)(=O)c2cc(C)ccc21.O=C=O. The monoisotopic (exact) mass is 444 g/mol. The number of sulfonamides is 1. The van der Waals surface area contributed by atoms with Crippen molar-refractivity contribution in [2.45, 2.75) is 63.3 Å². The molecule has 0 aromatic heterocycles. The molecule has 1 atom stereocenters. The van der Waals surface area contributed by atoms with Gasteiger partial charge in [-0.25, -0.2) is 8.42 Å². The smallest absolute Gasteiger partial charge is 0.306 e. The number of hydrogen-bond acceptors (Lipinski definition) is 5. The lowest BCUT2D eigenvalue weighted by molar-refractivity contribution is -0.191. The lowest BCUT2D eigenvalue weighted by Crippen LogP contribution is -2.26. The lowest BCUT2D eigenvalue weighted by Gasteiger charge is -2.22. The fourth-order valence-corrected chi connectivity index (χ4v) is 5.48. The van der Waals surface area contributed by atoms with Crippen LogP contribution in [-0.2, 0) is 19.6 Å². The number of nitrogens with one attached hydrogen (secondary N) is 1. The molecule has 1 heterocycles. The maximum Gasteiger partial charge on any atom is 0.373 e. The van der Waals surface area contributed by atoms with Crippen LogP contribution in [0.25, 0.3) is 0 Å². The molecule has 0 radical (unpaired) electrons. The molecule has 1 unspecified atom stereocenters. The Bertz CT molecular complexity index is 998. The summed E-state index contributed by atoms with van der Waals surface area (Å²) in [5.41, 5.74) is 3.56. The highest BCUT2D eigenvalue weighted by Crippen LogP contribution is 2.40. The van der Waals surface area contributed by atoms with Gasteiger partial charge in [-0.3, -0.25) is 4.31 Å². The highest BCUT2D eigenvalue weighted by atomic mass is 32.2. The van der Waals surface area contributed by atoms with Gasteiger partial charge >= 0.3 is 6.15 Å². The fourth-order valence-electron chi connectivity index (χ4n) is 3.94. The Hall–Kier alpha value is -2.47. The summed E-state index contributed by atoms with van der Waals surface area (Å²) < 4.78 is 27.9. The summed E-state index contributed by atoms with van der Waals surface area (Å²) in [6, 6.07) is 13.5. The topological polar surface area (TPSA) is 83.6 Å². The number of carbonyl (C=O) groups excluding carboxylic acids is 2. The van der Waals surface area contributed by atoms with Crippen molar-refractivity contribution < 1.29 is 18.0 Å². The number of nitrogens with zero attached hydrogens (tertiary/aromatic N) is 1. The molecule has 1 aliphatic heterocycles. The first-order valence-electron chi connectivity index (χ1n) is 10.8. The van der Waals surface area contributed by atoms with Crippen molar-refractivity contribution in [2.75, 3.05) is 17.9 Å².